The number of hydrogen-bond donors (Lipinski definition) is 1. The smallest absolute Gasteiger partial charge is 0.233 e. The van der Waals surface area contributed by atoms with Crippen LogP contribution < -0.4 is 5.32 Å². The molecule has 1 fully saturated rings. The molecule has 7 heteroatoms. The van der Waals surface area contributed by atoms with Gasteiger partial charge in [0.1, 0.15) is 0 Å². The molecule has 1 N–H and O–H groups in total. The number of benzene rings is 1. The van der Waals surface area contributed by atoms with E-state index in [0.717, 1.165) is 24.1 Å². The number of nitrogens with one attached hydrogen (secondary N) is 1. The van der Waals surface area contributed by atoms with Gasteiger partial charge in [-0.2, -0.15) is 0 Å². The number of para-hydroxylation sites is 1. The van der Waals surface area contributed by atoms with Gasteiger partial charge in [-0.1, -0.05) is 42.8 Å². The SMILES string of the molecule is C[C@@H](Sc1nnc(-c2cccnc2)n1-c1ccccc1)C(=O)NC1CCCC1. The van der Waals surface area contributed by atoms with E-state index in [1.807, 2.05) is 54.0 Å². The number of pyridine rings is 1. The van der Waals surface area contributed by atoms with Crippen LogP contribution in [-0.2, 0) is 4.79 Å². The number of amides is 1. The Labute approximate surface area is 168 Å². The molecule has 0 unspecified atom stereocenters. The van der Waals surface area contributed by atoms with Crippen molar-refractivity contribution in [1.82, 2.24) is 25.1 Å². The maximum atomic E-state index is 12.6. The molecule has 1 amide bonds. The van der Waals surface area contributed by atoms with Crippen molar-refractivity contribution in [3.05, 3.63) is 54.9 Å². The fourth-order valence-electron chi connectivity index (χ4n) is 3.44. The Hall–Kier alpha value is -2.67. The van der Waals surface area contributed by atoms with Gasteiger partial charge in [0.25, 0.3) is 0 Å². The summed E-state index contributed by atoms with van der Waals surface area (Å²) in [6.07, 6.45) is 8.06. The van der Waals surface area contributed by atoms with Gasteiger partial charge in [-0.15, -0.1) is 10.2 Å². The number of thioether (sulfide) groups is 1. The summed E-state index contributed by atoms with van der Waals surface area (Å²) in [5.74, 6) is 0.771. The molecule has 2 aromatic heterocycles. The van der Waals surface area contributed by atoms with E-state index in [1.165, 1.54) is 24.6 Å². The number of carbonyl (C=O) groups is 1. The van der Waals surface area contributed by atoms with Gasteiger partial charge in [-0.3, -0.25) is 14.3 Å². The van der Waals surface area contributed by atoms with Gasteiger partial charge in [0, 0.05) is 29.7 Å². The highest BCUT2D eigenvalue weighted by Crippen LogP contribution is 2.30. The van der Waals surface area contributed by atoms with E-state index in [-0.39, 0.29) is 11.2 Å². The number of carbonyl (C=O) groups excluding carboxylic acids is 1. The summed E-state index contributed by atoms with van der Waals surface area (Å²) in [4.78, 5) is 16.8. The second kappa shape index (κ2) is 8.56. The Morgan fingerprint density at radius 2 is 1.93 bits per heavy atom. The van der Waals surface area contributed by atoms with Gasteiger partial charge < -0.3 is 5.32 Å². The van der Waals surface area contributed by atoms with Crippen molar-refractivity contribution in [2.24, 2.45) is 0 Å². The van der Waals surface area contributed by atoms with Gasteiger partial charge in [0.2, 0.25) is 5.91 Å². The second-order valence-electron chi connectivity index (χ2n) is 6.97. The van der Waals surface area contributed by atoms with Crippen LogP contribution in [0.25, 0.3) is 17.1 Å². The molecule has 2 heterocycles. The minimum absolute atomic E-state index is 0.0578. The molecule has 0 aliphatic heterocycles. The van der Waals surface area contributed by atoms with Crippen LogP contribution in [0, 0.1) is 0 Å². The molecule has 3 aromatic rings. The van der Waals surface area contributed by atoms with Gasteiger partial charge >= 0.3 is 0 Å². The molecule has 1 atom stereocenters. The number of rotatable bonds is 6. The molecular formula is C21H23N5OS. The number of hydrogen-bond acceptors (Lipinski definition) is 5. The second-order valence-corrected chi connectivity index (χ2v) is 8.28. The molecule has 1 aliphatic carbocycles. The Morgan fingerprint density at radius 1 is 1.14 bits per heavy atom. The lowest BCUT2D eigenvalue weighted by molar-refractivity contribution is -0.120. The lowest BCUT2D eigenvalue weighted by atomic mass is 10.2. The van der Waals surface area contributed by atoms with Crippen molar-refractivity contribution in [2.45, 2.75) is 49.1 Å². The first-order chi connectivity index (χ1) is 13.7. The van der Waals surface area contributed by atoms with Gasteiger partial charge in [0.15, 0.2) is 11.0 Å². The average molecular weight is 394 g/mol. The van der Waals surface area contributed by atoms with E-state index >= 15 is 0 Å². The predicted molar refractivity (Wildman–Crippen MR) is 110 cm³/mol. The zero-order valence-corrected chi connectivity index (χ0v) is 16.6. The fraction of sp³-hybridized carbons (Fsp3) is 0.333. The van der Waals surface area contributed by atoms with Crippen LogP contribution in [0.5, 0.6) is 0 Å². The molecule has 28 heavy (non-hydrogen) atoms. The van der Waals surface area contributed by atoms with Gasteiger partial charge in [-0.05, 0) is 44.0 Å². The average Bonchev–Trinajstić information content (AvgIpc) is 3.39. The lowest BCUT2D eigenvalue weighted by Gasteiger charge is -2.17. The number of aromatic nitrogens is 4. The van der Waals surface area contributed by atoms with Crippen LogP contribution in [0.4, 0.5) is 0 Å². The van der Waals surface area contributed by atoms with Crippen LogP contribution in [0.2, 0.25) is 0 Å². The molecule has 0 radical (unpaired) electrons. The van der Waals surface area contributed by atoms with E-state index in [9.17, 15) is 4.79 Å². The van der Waals surface area contributed by atoms with Crippen LogP contribution in [-0.4, -0.2) is 36.9 Å². The first-order valence-electron chi connectivity index (χ1n) is 9.60. The van der Waals surface area contributed by atoms with Gasteiger partial charge in [-0.25, -0.2) is 0 Å². The van der Waals surface area contributed by atoms with Gasteiger partial charge in [0.05, 0.1) is 5.25 Å². The van der Waals surface area contributed by atoms with E-state index in [4.69, 9.17) is 0 Å². The van der Waals surface area contributed by atoms with Crippen LogP contribution in [0.15, 0.2) is 60.0 Å². The third-order valence-corrected chi connectivity index (χ3v) is 5.96. The Morgan fingerprint density at radius 3 is 2.64 bits per heavy atom. The van der Waals surface area contributed by atoms with Crippen LogP contribution in [0.1, 0.15) is 32.6 Å². The normalized spacial score (nSPS) is 15.5. The third kappa shape index (κ3) is 4.09. The highest BCUT2D eigenvalue weighted by molar-refractivity contribution is 8.00. The molecule has 1 aliphatic rings. The molecule has 1 saturated carbocycles. The quantitative estimate of drug-likeness (QED) is 0.644. The summed E-state index contributed by atoms with van der Waals surface area (Å²) in [5.41, 5.74) is 1.84. The fourth-order valence-corrected chi connectivity index (χ4v) is 4.31. The van der Waals surface area contributed by atoms with Crippen LogP contribution in [0.3, 0.4) is 0 Å². The van der Waals surface area contributed by atoms with Crippen molar-refractivity contribution in [3.8, 4) is 17.1 Å². The maximum absolute atomic E-state index is 12.6. The highest BCUT2D eigenvalue weighted by atomic mass is 32.2. The van der Waals surface area contributed by atoms with E-state index in [0.29, 0.717) is 17.0 Å². The van der Waals surface area contributed by atoms with E-state index in [1.54, 1.807) is 12.4 Å². The topological polar surface area (TPSA) is 72.7 Å². The molecule has 4 rings (SSSR count). The summed E-state index contributed by atoms with van der Waals surface area (Å²) >= 11 is 1.43. The molecule has 0 saturated heterocycles. The van der Waals surface area contributed by atoms with E-state index < -0.39 is 0 Å². The monoisotopic (exact) mass is 393 g/mol. The molecule has 6 nitrogen and oxygen atoms in total. The predicted octanol–water partition coefficient (Wildman–Crippen LogP) is 3.87. The van der Waals surface area contributed by atoms with Crippen molar-refractivity contribution < 1.29 is 4.79 Å². The van der Waals surface area contributed by atoms with Crippen molar-refractivity contribution >= 4 is 17.7 Å². The molecular weight excluding hydrogens is 370 g/mol. The standard InChI is InChI=1S/C21H23N5OS/c1-15(20(27)23-17-9-5-6-10-17)28-21-25-24-19(16-8-7-13-22-14-16)26(21)18-11-3-2-4-12-18/h2-4,7-8,11-15,17H,5-6,9-10H2,1H3,(H,23,27)/t15-/m1/s1. The van der Waals surface area contributed by atoms with Crippen LogP contribution >= 0.6 is 11.8 Å². The lowest BCUT2D eigenvalue weighted by Crippen LogP contribution is -2.37. The number of nitrogens with zero attached hydrogens (tertiary/aromatic N) is 4. The highest BCUT2D eigenvalue weighted by Gasteiger charge is 2.24. The summed E-state index contributed by atoms with van der Waals surface area (Å²) in [7, 11) is 0. The molecule has 0 spiro atoms. The largest absolute Gasteiger partial charge is 0.352 e. The Kier molecular flexibility index (Phi) is 5.71. The zero-order chi connectivity index (χ0) is 19.3. The Bertz CT molecular complexity index is 922. The van der Waals surface area contributed by atoms with Crippen molar-refractivity contribution in [1.29, 1.82) is 0 Å². The van der Waals surface area contributed by atoms with E-state index in [2.05, 4.69) is 20.5 Å². The summed E-state index contributed by atoms with van der Waals surface area (Å²) in [6.45, 7) is 1.92. The summed E-state index contributed by atoms with van der Waals surface area (Å²) < 4.78 is 1.99. The molecule has 0 bridgehead atoms. The molecule has 1 aromatic carbocycles. The van der Waals surface area contributed by atoms with Crippen molar-refractivity contribution in [3.63, 3.8) is 0 Å². The molecule has 144 valence electrons. The Balaban J connectivity index is 1.61. The summed E-state index contributed by atoms with van der Waals surface area (Å²) in [5, 5.41) is 12.4. The zero-order valence-electron chi connectivity index (χ0n) is 15.8. The minimum atomic E-state index is -0.256. The maximum Gasteiger partial charge on any atom is 0.233 e. The summed E-state index contributed by atoms with van der Waals surface area (Å²) in [6, 6.07) is 14.1. The first kappa shape index (κ1) is 18.7. The van der Waals surface area contributed by atoms with Crippen molar-refractivity contribution in [2.75, 3.05) is 0 Å². The first-order valence-corrected chi connectivity index (χ1v) is 10.5. The third-order valence-electron chi connectivity index (χ3n) is 4.92. The minimum Gasteiger partial charge on any atom is -0.352 e.